The van der Waals surface area contributed by atoms with E-state index in [-0.39, 0.29) is 24.3 Å². The van der Waals surface area contributed by atoms with Gasteiger partial charge in [-0.3, -0.25) is 14.4 Å². The second-order valence-corrected chi connectivity index (χ2v) is 11.6. The number of aliphatic hydroxyl groups is 1. The van der Waals surface area contributed by atoms with E-state index in [0.717, 1.165) is 11.1 Å². The van der Waals surface area contributed by atoms with Crippen LogP contribution in [0, 0.1) is 11.8 Å². The highest BCUT2D eigenvalue weighted by Gasteiger charge is 2.75. The molecule has 0 radical (unpaired) electrons. The minimum Gasteiger partial charge on any atom is -0.394 e. The number of hydrogen-bond acceptors (Lipinski definition) is 5. The third-order valence-electron chi connectivity index (χ3n) is 9.30. The van der Waals surface area contributed by atoms with Crippen LogP contribution in [0.5, 0.6) is 0 Å². The van der Waals surface area contributed by atoms with E-state index in [1.807, 2.05) is 91.9 Å². The summed E-state index contributed by atoms with van der Waals surface area (Å²) in [4.78, 5) is 48.1. The molecule has 4 aliphatic rings. The van der Waals surface area contributed by atoms with Crippen molar-refractivity contribution in [1.29, 1.82) is 0 Å². The van der Waals surface area contributed by atoms with Crippen molar-refractivity contribution in [2.45, 2.75) is 49.6 Å². The molecular weight excluding hydrogens is 518 g/mol. The Labute approximate surface area is 240 Å². The summed E-state index contributed by atoms with van der Waals surface area (Å²) < 4.78 is 7.00. The number of aliphatic hydroxyl groups excluding tert-OH is 1. The van der Waals surface area contributed by atoms with E-state index in [1.54, 1.807) is 21.7 Å². The van der Waals surface area contributed by atoms with E-state index < -0.39 is 35.1 Å². The molecule has 6 atom stereocenters. The van der Waals surface area contributed by atoms with Crippen LogP contribution < -0.4 is 0 Å². The molecule has 2 saturated heterocycles. The van der Waals surface area contributed by atoms with Gasteiger partial charge < -0.3 is 24.5 Å². The van der Waals surface area contributed by atoms with Gasteiger partial charge in [0.15, 0.2) is 0 Å². The lowest BCUT2D eigenvalue weighted by atomic mass is 9.73. The summed E-state index contributed by atoms with van der Waals surface area (Å²) in [6.45, 7) is 2.78. The maximum atomic E-state index is 14.7. The van der Waals surface area contributed by atoms with E-state index in [2.05, 4.69) is 0 Å². The van der Waals surface area contributed by atoms with Crippen molar-refractivity contribution in [3.8, 4) is 0 Å². The Morgan fingerprint density at radius 1 is 0.878 bits per heavy atom. The summed E-state index contributed by atoms with van der Waals surface area (Å²) in [5.41, 5.74) is -0.439. The summed E-state index contributed by atoms with van der Waals surface area (Å²) in [7, 11) is 1.74. The highest BCUT2D eigenvalue weighted by Crippen LogP contribution is 2.59. The molecule has 4 aliphatic heterocycles. The average molecular weight is 556 g/mol. The summed E-state index contributed by atoms with van der Waals surface area (Å²) >= 11 is 0. The van der Waals surface area contributed by atoms with Crippen LogP contribution in [0.4, 0.5) is 0 Å². The van der Waals surface area contributed by atoms with Crippen LogP contribution in [-0.4, -0.2) is 87.6 Å². The molecule has 8 nitrogen and oxygen atoms in total. The fourth-order valence-electron chi connectivity index (χ4n) is 7.34. The summed E-state index contributed by atoms with van der Waals surface area (Å²) in [5, 5.41) is 10.7. The lowest BCUT2D eigenvalue weighted by Gasteiger charge is -2.41. The largest absolute Gasteiger partial charge is 0.394 e. The quantitative estimate of drug-likeness (QED) is 0.531. The molecule has 0 aromatic heterocycles. The van der Waals surface area contributed by atoms with E-state index in [4.69, 9.17) is 4.74 Å². The van der Waals surface area contributed by atoms with Crippen molar-refractivity contribution in [2.75, 3.05) is 26.7 Å². The number of ether oxygens (including phenoxy) is 1. The predicted molar refractivity (Wildman–Crippen MR) is 153 cm³/mol. The minimum atomic E-state index is -1.34. The summed E-state index contributed by atoms with van der Waals surface area (Å²) in [5.74, 6) is -2.41. The van der Waals surface area contributed by atoms with Crippen molar-refractivity contribution < 1.29 is 24.2 Å². The number of carbonyl (C=O) groups excluding carboxylic acids is 3. The molecule has 1 spiro atoms. The fourth-order valence-corrected chi connectivity index (χ4v) is 7.34. The highest BCUT2D eigenvalue weighted by atomic mass is 16.5. The lowest BCUT2D eigenvalue weighted by Crippen LogP contribution is -2.59. The van der Waals surface area contributed by atoms with Gasteiger partial charge in [0.25, 0.3) is 0 Å². The van der Waals surface area contributed by atoms with Crippen LogP contribution in [-0.2, 0) is 32.1 Å². The van der Waals surface area contributed by atoms with E-state index in [0.29, 0.717) is 32.5 Å². The molecule has 3 amide bonds. The van der Waals surface area contributed by atoms with Gasteiger partial charge >= 0.3 is 0 Å². The molecule has 0 bridgehead atoms. The first-order valence-corrected chi connectivity index (χ1v) is 14.5. The predicted octanol–water partition coefficient (Wildman–Crippen LogP) is 2.58. The number of carbonyl (C=O) groups is 3. The first-order chi connectivity index (χ1) is 19.8. The zero-order valence-corrected chi connectivity index (χ0v) is 23.6. The smallest absolute Gasteiger partial charge is 0.249 e. The number of likely N-dealkylation sites (tertiary alicyclic amines) is 1. The maximum absolute atomic E-state index is 14.7. The zero-order valence-electron chi connectivity index (χ0n) is 23.6. The maximum Gasteiger partial charge on any atom is 0.249 e. The third kappa shape index (κ3) is 4.32. The number of benzene rings is 2. The first kappa shape index (κ1) is 27.4. The molecule has 8 heteroatoms. The number of fused-ring (bicyclic) bond motifs is 2. The Balaban J connectivity index is 1.48. The molecule has 2 aromatic rings. The molecule has 2 fully saturated rings. The van der Waals surface area contributed by atoms with Crippen molar-refractivity contribution in [3.05, 3.63) is 96.1 Å². The Morgan fingerprint density at radius 2 is 1.54 bits per heavy atom. The minimum absolute atomic E-state index is 0.164. The van der Waals surface area contributed by atoms with Gasteiger partial charge in [0, 0.05) is 26.7 Å². The molecule has 4 heterocycles. The van der Waals surface area contributed by atoms with Crippen LogP contribution in [0.1, 0.15) is 24.5 Å². The molecule has 0 aliphatic carbocycles. The first-order valence-electron chi connectivity index (χ1n) is 14.5. The molecule has 1 N–H and O–H groups in total. The van der Waals surface area contributed by atoms with E-state index >= 15 is 0 Å². The summed E-state index contributed by atoms with van der Waals surface area (Å²) in [6, 6.07) is 17.7. The number of likely N-dealkylation sites (N-methyl/N-ethyl adjacent to an activating group) is 1. The van der Waals surface area contributed by atoms with Crippen LogP contribution in [0.2, 0.25) is 0 Å². The van der Waals surface area contributed by atoms with Gasteiger partial charge in [-0.15, -0.1) is 0 Å². The normalized spacial score (nSPS) is 31.5. The number of rotatable bonds is 7. The van der Waals surface area contributed by atoms with Gasteiger partial charge in [-0.05, 0) is 24.0 Å². The van der Waals surface area contributed by atoms with Crippen molar-refractivity contribution in [2.24, 2.45) is 11.8 Å². The van der Waals surface area contributed by atoms with Gasteiger partial charge in [-0.25, -0.2) is 0 Å². The second-order valence-electron chi connectivity index (χ2n) is 11.6. The monoisotopic (exact) mass is 555 g/mol. The highest BCUT2D eigenvalue weighted by molar-refractivity contribution is 6.00. The SMILES string of the molecule is CC[C@]12C=CCN(C)C(=O)[C@H]1[C@H]1C(=O)N([C@@H](CO)Cc3ccccc3)C3C(=O)N(Cc4ccccc4)CC=C[C@@]31O2. The van der Waals surface area contributed by atoms with Gasteiger partial charge in [-0.1, -0.05) is 91.9 Å². The van der Waals surface area contributed by atoms with Gasteiger partial charge in [0.2, 0.25) is 17.7 Å². The van der Waals surface area contributed by atoms with E-state index in [9.17, 15) is 19.5 Å². The zero-order chi connectivity index (χ0) is 28.8. The fraction of sp³-hybridized carbons (Fsp3) is 0.424. The molecule has 41 heavy (non-hydrogen) atoms. The van der Waals surface area contributed by atoms with Gasteiger partial charge in [0.1, 0.15) is 11.6 Å². The second kappa shape index (κ2) is 10.6. The Hall–Kier alpha value is -3.75. The van der Waals surface area contributed by atoms with Gasteiger partial charge in [0.05, 0.1) is 30.1 Å². The standard InChI is InChI=1S/C33H37N3O5/c1-3-32-16-10-18-34(2)29(38)26(32)27-30(39)36(25(22-37)20-23-12-6-4-7-13-23)28-31(40)35(19-11-17-33(27,28)41-32)21-24-14-8-5-9-15-24/h4-17,25-28,37H,3,18-22H2,1-2H3/t25-,26-,27+,28?,32+,33+/m1/s1. The van der Waals surface area contributed by atoms with Crippen LogP contribution in [0.3, 0.4) is 0 Å². The molecular formula is C33H37N3O5. The Kier molecular flexibility index (Phi) is 7.08. The molecule has 2 aromatic carbocycles. The molecule has 0 saturated carbocycles. The number of amides is 3. The average Bonchev–Trinajstić information content (AvgIpc) is 3.30. The van der Waals surface area contributed by atoms with Crippen LogP contribution in [0.15, 0.2) is 85.0 Å². The molecule has 1 unspecified atom stereocenters. The lowest BCUT2D eigenvalue weighted by molar-refractivity contribution is -0.157. The molecule has 214 valence electrons. The van der Waals surface area contributed by atoms with Crippen LogP contribution >= 0.6 is 0 Å². The van der Waals surface area contributed by atoms with Crippen molar-refractivity contribution >= 4 is 17.7 Å². The van der Waals surface area contributed by atoms with E-state index in [1.165, 1.54) is 0 Å². The Bertz CT molecular complexity index is 1380. The van der Waals surface area contributed by atoms with Crippen LogP contribution in [0.25, 0.3) is 0 Å². The van der Waals surface area contributed by atoms with Crippen molar-refractivity contribution in [1.82, 2.24) is 14.7 Å². The topological polar surface area (TPSA) is 90.4 Å². The number of nitrogens with zero attached hydrogens (tertiary/aromatic N) is 3. The molecule has 6 rings (SSSR count). The summed E-state index contributed by atoms with van der Waals surface area (Å²) in [6.07, 6.45) is 8.48. The van der Waals surface area contributed by atoms with Gasteiger partial charge in [-0.2, -0.15) is 0 Å². The third-order valence-corrected chi connectivity index (χ3v) is 9.30. The van der Waals surface area contributed by atoms with Crippen molar-refractivity contribution in [3.63, 3.8) is 0 Å². The number of hydrogen-bond donors (Lipinski definition) is 1. The Morgan fingerprint density at radius 3 is 2.20 bits per heavy atom.